The third kappa shape index (κ3) is 4.74. The van der Waals surface area contributed by atoms with Crippen molar-refractivity contribution in [1.82, 2.24) is 5.32 Å². The summed E-state index contributed by atoms with van der Waals surface area (Å²) < 4.78 is 10.8. The van der Waals surface area contributed by atoms with Crippen LogP contribution in [-0.4, -0.2) is 52.0 Å². The minimum atomic E-state index is -0.503. The number of carbonyl (C=O) groups excluding carboxylic acids is 2. The summed E-state index contributed by atoms with van der Waals surface area (Å²) in [5, 5.41) is 6.42. The van der Waals surface area contributed by atoms with Crippen molar-refractivity contribution in [2.75, 3.05) is 50.1 Å². The van der Waals surface area contributed by atoms with E-state index < -0.39 is 6.09 Å². The molecule has 1 saturated heterocycles. The molecular weight excluding hydrogens is 478 g/mol. The lowest BCUT2D eigenvalue weighted by atomic mass is 9.92. The lowest BCUT2D eigenvalue weighted by molar-refractivity contribution is -0.139. The fourth-order valence-electron chi connectivity index (χ4n) is 6.02. The zero-order chi connectivity index (χ0) is 26.8. The first-order valence-corrected chi connectivity index (χ1v) is 13.2. The Balaban J connectivity index is 1.42. The topological polar surface area (TPSA) is 79.9 Å². The number of rotatable bonds is 6. The quantitative estimate of drug-likeness (QED) is 0.447. The highest BCUT2D eigenvalue weighted by Crippen LogP contribution is 2.44. The number of methoxy groups -OCH3 is 1. The molecule has 198 valence electrons. The van der Waals surface area contributed by atoms with E-state index in [9.17, 15) is 9.59 Å². The summed E-state index contributed by atoms with van der Waals surface area (Å²) in [6, 6.07) is 16.6. The largest absolute Gasteiger partial charge is 0.469 e. The number of esters is 1. The average molecular weight is 514 g/mol. The third-order valence-electron chi connectivity index (χ3n) is 7.92. The van der Waals surface area contributed by atoms with Crippen molar-refractivity contribution in [1.29, 1.82) is 0 Å². The lowest BCUT2D eigenvalue weighted by Crippen LogP contribution is -2.44. The van der Waals surface area contributed by atoms with Crippen LogP contribution in [0.15, 0.2) is 48.5 Å². The van der Waals surface area contributed by atoms with Gasteiger partial charge < -0.3 is 19.7 Å². The molecule has 1 aliphatic carbocycles. The number of ether oxygens (including phenoxy) is 2. The maximum absolute atomic E-state index is 13.2. The molecule has 0 radical (unpaired) electrons. The van der Waals surface area contributed by atoms with Crippen LogP contribution in [0.25, 0.3) is 11.1 Å². The van der Waals surface area contributed by atoms with E-state index in [0.717, 1.165) is 54.1 Å². The van der Waals surface area contributed by atoms with Gasteiger partial charge in [-0.2, -0.15) is 0 Å². The van der Waals surface area contributed by atoms with E-state index >= 15 is 0 Å². The first kappa shape index (κ1) is 25.8. The summed E-state index contributed by atoms with van der Waals surface area (Å²) in [5.74, 6) is -0.321. The van der Waals surface area contributed by atoms with E-state index in [1.165, 1.54) is 29.4 Å². The molecular formula is C31H35N3O4. The molecule has 2 N–H and O–H groups in total. The Morgan fingerprint density at radius 2 is 1.53 bits per heavy atom. The van der Waals surface area contributed by atoms with Crippen LogP contribution >= 0.6 is 0 Å². The Labute approximate surface area is 224 Å². The molecule has 1 fully saturated rings. The fourth-order valence-corrected chi connectivity index (χ4v) is 6.02. The Kier molecular flexibility index (Phi) is 7.38. The zero-order valence-electron chi connectivity index (χ0n) is 22.5. The molecule has 1 aliphatic heterocycles. The predicted octanol–water partition coefficient (Wildman–Crippen LogP) is 5.10. The molecule has 0 bridgehead atoms. The van der Waals surface area contributed by atoms with Crippen molar-refractivity contribution in [2.24, 2.45) is 0 Å². The number of benzene rings is 3. The van der Waals surface area contributed by atoms with Crippen LogP contribution in [0.2, 0.25) is 0 Å². The molecule has 0 atom stereocenters. The number of fused-ring (bicyclic) bond motifs is 3. The van der Waals surface area contributed by atoms with Crippen LogP contribution in [0.4, 0.5) is 16.2 Å². The molecule has 3 aromatic carbocycles. The van der Waals surface area contributed by atoms with E-state index in [2.05, 4.69) is 39.8 Å². The standard InChI is InChI=1S/C31H35N3O4/c1-19-26(17-28(35)37-4)20(2)30(34-15-13-32-14-16-34)21(3)29(19)33-31(36)38-18-27-24-11-7-5-9-22(24)23-10-6-8-12-25(23)27/h5-12,27,32H,13-18H2,1-4H3,(H,33,36). The molecule has 7 heteroatoms. The maximum Gasteiger partial charge on any atom is 0.411 e. The van der Waals surface area contributed by atoms with Gasteiger partial charge in [0.15, 0.2) is 0 Å². The Morgan fingerprint density at radius 3 is 2.13 bits per heavy atom. The Hall–Kier alpha value is -3.84. The summed E-state index contributed by atoms with van der Waals surface area (Å²) in [6.45, 7) is 9.73. The van der Waals surface area contributed by atoms with Crippen molar-refractivity contribution >= 4 is 23.4 Å². The highest BCUT2D eigenvalue weighted by atomic mass is 16.5. The number of hydrogen-bond donors (Lipinski definition) is 2. The number of amides is 1. The smallest absolute Gasteiger partial charge is 0.411 e. The fraction of sp³-hybridized carbons (Fsp3) is 0.355. The summed E-state index contributed by atoms with van der Waals surface area (Å²) in [5.41, 5.74) is 10.2. The second-order valence-electron chi connectivity index (χ2n) is 10.0. The maximum atomic E-state index is 13.2. The van der Waals surface area contributed by atoms with Crippen molar-refractivity contribution < 1.29 is 19.1 Å². The van der Waals surface area contributed by atoms with Crippen LogP contribution in [0.1, 0.15) is 39.3 Å². The van der Waals surface area contributed by atoms with Crippen molar-refractivity contribution in [2.45, 2.75) is 33.1 Å². The van der Waals surface area contributed by atoms with E-state index in [-0.39, 0.29) is 24.9 Å². The molecule has 5 rings (SSSR count). The molecule has 7 nitrogen and oxygen atoms in total. The summed E-state index contributed by atoms with van der Waals surface area (Å²) >= 11 is 0. The lowest BCUT2D eigenvalue weighted by Gasteiger charge is -2.34. The van der Waals surface area contributed by atoms with Gasteiger partial charge in [0.1, 0.15) is 6.61 Å². The normalized spacial score (nSPS) is 14.6. The summed E-state index contributed by atoms with van der Waals surface area (Å²) in [6.07, 6.45) is -0.357. The first-order chi connectivity index (χ1) is 18.4. The van der Waals surface area contributed by atoms with Crippen LogP contribution < -0.4 is 15.5 Å². The number of anilines is 2. The first-order valence-electron chi connectivity index (χ1n) is 13.2. The van der Waals surface area contributed by atoms with E-state index in [1.54, 1.807) is 0 Å². The average Bonchev–Trinajstić information content (AvgIpc) is 3.26. The van der Waals surface area contributed by atoms with E-state index in [1.807, 2.05) is 45.0 Å². The Morgan fingerprint density at radius 1 is 0.921 bits per heavy atom. The second kappa shape index (κ2) is 10.9. The highest BCUT2D eigenvalue weighted by molar-refractivity contribution is 5.91. The third-order valence-corrected chi connectivity index (χ3v) is 7.92. The van der Waals surface area contributed by atoms with Gasteiger partial charge in [0.05, 0.1) is 19.2 Å². The number of nitrogens with one attached hydrogen (secondary N) is 2. The van der Waals surface area contributed by atoms with Crippen LogP contribution in [-0.2, 0) is 20.7 Å². The number of hydrogen-bond acceptors (Lipinski definition) is 6. The van der Waals surface area contributed by atoms with Crippen LogP contribution in [0.5, 0.6) is 0 Å². The van der Waals surface area contributed by atoms with Gasteiger partial charge in [-0.25, -0.2) is 4.79 Å². The molecule has 1 heterocycles. The van der Waals surface area contributed by atoms with Gasteiger partial charge in [-0.05, 0) is 65.3 Å². The number of piperazine rings is 1. The van der Waals surface area contributed by atoms with Crippen molar-refractivity contribution in [3.05, 3.63) is 81.9 Å². The summed E-state index contributed by atoms with van der Waals surface area (Å²) in [7, 11) is 1.40. The van der Waals surface area contributed by atoms with Crippen LogP contribution in [0.3, 0.4) is 0 Å². The molecule has 0 aromatic heterocycles. The molecule has 0 saturated carbocycles. The molecule has 0 spiro atoms. The SMILES string of the molecule is COC(=O)Cc1c(C)c(NC(=O)OCC2c3ccccc3-c3ccccc32)c(C)c(N2CCNCC2)c1C. The van der Waals surface area contributed by atoms with Gasteiger partial charge in [0.25, 0.3) is 0 Å². The molecule has 0 unspecified atom stereocenters. The minimum Gasteiger partial charge on any atom is -0.469 e. The van der Waals surface area contributed by atoms with Crippen LogP contribution in [0, 0.1) is 20.8 Å². The zero-order valence-corrected chi connectivity index (χ0v) is 22.5. The van der Waals surface area contributed by atoms with Gasteiger partial charge in [0.2, 0.25) is 0 Å². The molecule has 2 aliphatic rings. The number of carbonyl (C=O) groups is 2. The van der Waals surface area contributed by atoms with Crippen molar-refractivity contribution in [3.8, 4) is 11.1 Å². The monoisotopic (exact) mass is 513 g/mol. The predicted molar refractivity (Wildman–Crippen MR) is 150 cm³/mol. The van der Waals surface area contributed by atoms with Gasteiger partial charge in [-0.15, -0.1) is 0 Å². The van der Waals surface area contributed by atoms with Gasteiger partial charge in [-0.1, -0.05) is 48.5 Å². The summed E-state index contributed by atoms with van der Waals surface area (Å²) in [4.78, 5) is 27.8. The highest BCUT2D eigenvalue weighted by Gasteiger charge is 2.30. The molecule has 38 heavy (non-hydrogen) atoms. The van der Waals surface area contributed by atoms with E-state index in [0.29, 0.717) is 5.69 Å². The van der Waals surface area contributed by atoms with Gasteiger partial charge in [0, 0.05) is 37.8 Å². The van der Waals surface area contributed by atoms with Gasteiger partial charge >= 0.3 is 12.1 Å². The van der Waals surface area contributed by atoms with E-state index in [4.69, 9.17) is 9.47 Å². The molecule has 3 aromatic rings. The second-order valence-corrected chi connectivity index (χ2v) is 10.0. The molecule has 1 amide bonds. The Bertz CT molecular complexity index is 1330. The van der Waals surface area contributed by atoms with Crippen molar-refractivity contribution in [3.63, 3.8) is 0 Å². The number of nitrogens with zero attached hydrogens (tertiary/aromatic N) is 1. The minimum absolute atomic E-state index is 0.0142. The van der Waals surface area contributed by atoms with Gasteiger partial charge in [-0.3, -0.25) is 10.1 Å².